The molecule has 4 aromatic rings. The minimum atomic E-state index is -0.565. The molecule has 3 heterocycles. The smallest absolute Gasteiger partial charge is 0.337 e. The maximum Gasteiger partial charge on any atom is 0.337 e. The number of nitrogens with one attached hydrogen (secondary N) is 2. The van der Waals surface area contributed by atoms with Gasteiger partial charge in [-0.25, -0.2) is 4.79 Å². The van der Waals surface area contributed by atoms with Crippen molar-refractivity contribution in [1.82, 2.24) is 14.9 Å². The second-order valence-electron chi connectivity index (χ2n) is 11.8. The highest BCUT2D eigenvalue weighted by Gasteiger charge is 2.42. The molecule has 0 spiro atoms. The van der Waals surface area contributed by atoms with Gasteiger partial charge in [-0.15, -0.1) is 0 Å². The summed E-state index contributed by atoms with van der Waals surface area (Å²) in [6.07, 6.45) is 1.77. The minimum absolute atomic E-state index is 0.112. The van der Waals surface area contributed by atoms with E-state index < -0.39 is 11.4 Å². The minimum Gasteiger partial charge on any atom is -0.494 e. The molecule has 10 heteroatoms. The zero-order chi connectivity index (χ0) is 31.8. The van der Waals surface area contributed by atoms with Crippen molar-refractivity contribution in [3.8, 4) is 11.4 Å². The van der Waals surface area contributed by atoms with E-state index in [9.17, 15) is 9.59 Å². The van der Waals surface area contributed by atoms with Gasteiger partial charge in [0.1, 0.15) is 5.75 Å². The van der Waals surface area contributed by atoms with E-state index in [-0.39, 0.29) is 18.0 Å². The molecule has 1 aliphatic rings. The predicted molar refractivity (Wildman–Crippen MR) is 176 cm³/mol. The van der Waals surface area contributed by atoms with E-state index in [0.29, 0.717) is 22.1 Å². The number of thiocarbonyl (C=S) groups is 1. The summed E-state index contributed by atoms with van der Waals surface area (Å²) in [6.45, 7) is 9.69. The van der Waals surface area contributed by atoms with Crippen LogP contribution in [0.5, 0.6) is 5.75 Å². The number of pyridine rings is 1. The Morgan fingerprint density at radius 3 is 2.41 bits per heavy atom. The molecule has 0 saturated carbocycles. The summed E-state index contributed by atoms with van der Waals surface area (Å²) in [5.74, 6) is 0.0177. The topological polar surface area (TPSA) is 97.7 Å². The van der Waals surface area contributed by atoms with E-state index in [0.717, 1.165) is 34.0 Å². The number of rotatable bonds is 7. The van der Waals surface area contributed by atoms with Crippen LogP contribution >= 0.6 is 12.2 Å². The molecule has 44 heavy (non-hydrogen) atoms. The van der Waals surface area contributed by atoms with Crippen LogP contribution in [0.1, 0.15) is 65.9 Å². The van der Waals surface area contributed by atoms with Gasteiger partial charge in [0.2, 0.25) is 5.91 Å². The highest BCUT2D eigenvalue weighted by molar-refractivity contribution is 7.80. The lowest BCUT2D eigenvalue weighted by atomic mass is 9.95. The fourth-order valence-electron chi connectivity index (χ4n) is 5.57. The molecular weight excluding hydrogens is 574 g/mol. The standard InChI is InChI=1S/C34H37N5O4S/c1-20-17-25(21(2)38(20)23-12-10-11-22(18-23)31(40)43-7)30-29(27-13-8-9-16-35-27)37-33(44)39(30)24-14-15-26(28(19-24)42-6)36-32(41)34(3,4)5/h8-19,29-30H,1-7H3,(H,36,41)(H,37,44)/t29-,30+/m1/s1. The number of carbonyl (C=O) groups excluding carboxylic acids is 2. The number of esters is 1. The summed E-state index contributed by atoms with van der Waals surface area (Å²) in [7, 11) is 2.96. The van der Waals surface area contributed by atoms with Crippen molar-refractivity contribution < 1.29 is 19.1 Å². The Hall–Kier alpha value is -4.70. The lowest BCUT2D eigenvalue weighted by Crippen LogP contribution is -2.30. The fourth-order valence-corrected chi connectivity index (χ4v) is 5.91. The van der Waals surface area contributed by atoms with Crippen molar-refractivity contribution in [3.63, 3.8) is 0 Å². The fraction of sp³-hybridized carbons (Fsp3) is 0.294. The van der Waals surface area contributed by atoms with Crippen LogP contribution in [0.25, 0.3) is 5.69 Å². The highest BCUT2D eigenvalue weighted by Crippen LogP contribution is 2.45. The number of aryl methyl sites for hydroxylation is 1. The largest absolute Gasteiger partial charge is 0.494 e. The number of ether oxygens (including phenoxy) is 2. The van der Waals surface area contributed by atoms with Crippen LogP contribution in [-0.4, -0.2) is 40.8 Å². The average Bonchev–Trinajstić information content (AvgIpc) is 3.51. The van der Waals surface area contributed by atoms with E-state index in [4.69, 9.17) is 21.7 Å². The molecule has 1 amide bonds. The first-order valence-corrected chi connectivity index (χ1v) is 14.7. The average molecular weight is 612 g/mol. The molecule has 0 bridgehead atoms. The summed E-state index contributed by atoms with van der Waals surface area (Å²) >= 11 is 5.96. The molecule has 0 aliphatic carbocycles. The summed E-state index contributed by atoms with van der Waals surface area (Å²) in [5, 5.41) is 7.04. The molecule has 2 aromatic heterocycles. The molecule has 0 radical (unpaired) electrons. The number of methoxy groups -OCH3 is 2. The second-order valence-corrected chi connectivity index (χ2v) is 12.2. The number of hydrogen-bond donors (Lipinski definition) is 2. The van der Waals surface area contributed by atoms with E-state index >= 15 is 0 Å². The maximum atomic E-state index is 12.8. The predicted octanol–water partition coefficient (Wildman–Crippen LogP) is 6.45. The van der Waals surface area contributed by atoms with Gasteiger partial charge in [0.05, 0.1) is 43.2 Å². The lowest BCUT2D eigenvalue weighted by Gasteiger charge is -2.29. The molecule has 0 unspecified atom stereocenters. The van der Waals surface area contributed by atoms with Crippen molar-refractivity contribution in [1.29, 1.82) is 0 Å². The van der Waals surface area contributed by atoms with Crippen molar-refractivity contribution >= 4 is 40.6 Å². The van der Waals surface area contributed by atoms with Crippen LogP contribution in [0.3, 0.4) is 0 Å². The van der Waals surface area contributed by atoms with Crippen molar-refractivity contribution in [2.45, 2.75) is 46.7 Å². The number of amides is 1. The molecular formula is C34H37N5O4S. The van der Waals surface area contributed by atoms with Crippen LogP contribution in [0, 0.1) is 19.3 Å². The molecule has 1 saturated heterocycles. The van der Waals surface area contributed by atoms with Gasteiger partial charge in [-0.1, -0.05) is 32.9 Å². The molecule has 9 nitrogen and oxygen atoms in total. The normalized spacial score (nSPS) is 16.4. The van der Waals surface area contributed by atoms with Gasteiger partial charge >= 0.3 is 5.97 Å². The summed E-state index contributed by atoms with van der Waals surface area (Å²) in [4.78, 5) is 31.8. The van der Waals surface area contributed by atoms with Crippen molar-refractivity contribution in [2.24, 2.45) is 5.41 Å². The summed E-state index contributed by atoms with van der Waals surface area (Å²) < 4.78 is 12.8. The molecule has 2 atom stereocenters. The van der Waals surface area contributed by atoms with Crippen molar-refractivity contribution in [2.75, 3.05) is 24.4 Å². The van der Waals surface area contributed by atoms with Crippen LogP contribution in [0.2, 0.25) is 0 Å². The van der Waals surface area contributed by atoms with Crippen molar-refractivity contribution in [3.05, 3.63) is 101 Å². The van der Waals surface area contributed by atoms with Gasteiger partial charge in [-0.2, -0.15) is 0 Å². The molecule has 1 fully saturated rings. The van der Waals surface area contributed by atoms with Gasteiger partial charge in [0, 0.05) is 40.4 Å². The first kappa shape index (κ1) is 30.7. The van der Waals surface area contributed by atoms with Gasteiger partial charge in [0.25, 0.3) is 0 Å². The molecule has 5 rings (SSSR count). The van der Waals surface area contributed by atoms with E-state index in [1.54, 1.807) is 19.4 Å². The Labute approximate surface area is 263 Å². The van der Waals surface area contributed by atoms with Crippen LogP contribution in [0.15, 0.2) is 72.9 Å². The number of carbonyl (C=O) groups is 2. The Bertz CT molecular complexity index is 1730. The van der Waals surface area contributed by atoms with Gasteiger partial charge < -0.3 is 29.6 Å². The quantitative estimate of drug-likeness (QED) is 0.182. The zero-order valence-electron chi connectivity index (χ0n) is 26.0. The monoisotopic (exact) mass is 611 g/mol. The highest BCUT2D eigenvalue weighted by atomic mass is 32.1. The third-order valence-corrected chi connectivity index (χ3v) is 8.12. The summed E-state index contributed by atoms with van der Waals surface area (Å²) in [6, 6.07) is 20.5. The van der Waals surface area contributed by atoms with E-state index in [1.807, 2.05) is 82.3 Å². The summed E-state index contributed by atoms with van der Waals surface area (Å²) in [5.41, 5.74) is 6.02. The maximum absolute atomic E-state index is 12.8. The van der Waals surface area contributed by atoms with Crippen LogP contribution in [-0.2, 0) is 9.53 Å². The Morgan fingerprint density at radius 1 is 0.977 bits per heavy atom. The molecule has 228 valence electrons. The Balaban J connectivity index is 1.63. The van der Waals surface area contributed by atoms with Crippen LogP contribution in [0.4, 0.5) is 11.4 Å². The molecule has 1 aliphatic heterocycles. The zero-order valence-corrected chi connectivity index (χ0v) is 26.8. The third-order valence-electron chi connectivity index (χ3n) is 7.81. The third kappa shape index (κ3) is 5.77. The van der Waals surface area contributed by atoms with Crippen LogP contribution < -0.4 is 20.3 Å². The van der Waals surface area contributed by atoms with Gasteiger partial charge in [-0.3, -0.25) is 9.78 Å². The van der Waals surface area contributed by atoms with E-state index in [1.165, 1.54) is 7.11 Å². The second kappa shape index (κ2) is 12.1. The van der Waals surface area contributed by atoms with Gasteiger partial charge in [-0.05, 0) is 80.2 Å². The lowest BCUT2D eigenvalue weighted by molar-refractivity contribution is -0.123. The Kier molecular flexibility index (Phi) is 8.47. The first-order valence-electron chi connectivity index (χ1n) is 14.3. The number of aromatic nitrogens is 2. The Morgan fingerprint density at radius 2 is 1.75 bits per heavy atom. The SMILES string of the molecule is COC(=O)c1cccc(-n2c(C)cc([C@H]3[C@@H](c4ccccn4)NC(=S)N3c3ccc(NC(=O)C(C)(C)C)c(OC)c3)c2C)c1. The number of anilines is 2. The number of benzene rings is 2. The van der Waals surface area contributed by atoms with E-state index in [2.05, 4.69) is 38.1 Å². The number of hydrogen-bond acceptors (Lipinski definition) is 6. The molecule has 2 N–H and O–H groups in total. The number of nitrogens with zero attached hydrogens (tertiary/aromatic N) is 3. The first-order chi connectivity index (χ1) is 20.9. The molecule has 2 aromatic carbocycles. The van der Waals surface area contributed by atoms with Gasteiger partial charge in [0.15, 0.2) is 5.11 Å².